The lowest BCUT2D eigenvalue weighted by Crippen LogP contribution is -1.97. The number of rotatable bonds is 8. The molecule has 0 bridgehead atoms. The third-order valence-electron chi connectivity index (χ3n) is 12.7. The fourth-order valence-corrected chi connectivity index (χ4v) is 11.8. The van der Waals surface area contributed by atoms with E-state index in [-0.39, 0.29) is 0 Å². The van der Waals surface area contributed by atoms with Gasteiger partial charge in [0.25, 0.3) is 0 Å². The Hall–Kier alpha value is -8.42. The van der Waals surface area contributed by atoms with Gasteiger partial charge in [0.05, 0.1) is 31.8 Å². The van der Waals surface area contributed by atoms with Crippen LogP contribution >= 0.6 is 22.7 Å². The molecule has 4 nitrogen and oxygen atoms in total. The second-order valence-electron chi connectivity index (χ2n) is 16.9. The normalized spacial score (nSPS) is 11.5. The zero-order chi connectivity index (χ0) is 45.0. The second kappa shape index (κ2) is 16.8. The minimum atomic E-state index is 0.689. The second-order valence-corrected chi connectivity index (χ2v) is 19.0. The van der Waals surface area contributed by atoms with E-state index in [1.807, 2.05) is 0 Å². The number of aromatic nitrogens is 4. The molecule has 4 heterocycles. The molecule has 0 aliphatic carbocycles. The Morgan fingerprint density at radius 2 is 0.632 bits per heavy atom. The number of benzene rings is 9. The van der Waals surface area contributed by atoms with Crippen LogP contribution in [-0.4, -0.2) is 19.9 Å². The number of nitrogens with zero attached hydrogens (tertiary/aromatic N) is 4. The lowest BCUT2D eigenvalue weighted by molar-refractivity contribution is 1.24. The molecule has 0 N–H and O–H groups in total. The third-order valence-corrected chi connectivity index (χ3v) is 15.1. The van der Waals surface area contributed by atoms with Gasteiger partial charge in [0, 0.05) is 42.4 Å². The highest BCUT2D eigenvalue weighted by molar-refractivity contribution is 7.26. The summed E-state index contributed by atoms with van der Waals surface area (Å²) in [6, 6.07) is 81.5. The molecule has 0 spiro atoms. The lowest BCUT2D eigenvalue weighted by atomic mass is 9.91. The molecule has 4 aromatic heterocycles. The average molecular weight is 903 g/mol. The van der Waals surface area contributed by atoms with Crippen LogP contribution in [0.2, 0.25) is 0 Å². The lowest BCUT2D eigenvalue weighted by Gasteiger charge is -2.15. The van der Waals surface area contributed by atoms with Crippen molar-refractivity contribution in [2.24, 2.45) is 0 Å². The first-order valence-electron chi connectivity index (χ1n) is 22.7. The van der Waals surface area contributed by atoms with Gasteiger partial charge in [0.2, 0.25) is 0 Å². The maximum absolute atomic E-state index is 5.50. The maximum Gasteiger partial charge on any atom is 0.161 e. The van der Waals surface area contributed by atoms with E-state index in [4.69, 9.17) is 19.9 Å². The summed E-state index contributed by atoms with van der Waals surface area (Å²) < 4.78 is 4.55. The predicted octanol–water partition coefficient (Wildman–Crippen LogP) is 17.3. The van der Waals surface area contributed by atoms with Crippen LogP contribution < -0.4 is 0 Å². The summed E-state index contributed by atoms with van der Waals surface area (Å²) in [6.45, 7) is 0. The van der Waals surface area contributed by atoms with Gasteiger partial charge in [-0.3, -0.25) is 0 Å². The van der Waals surface area contributed by atoms with Crippen molar-refractivity contribution in [3.8, 4) is 89.8 Å². The molecule has 0 aliphatic heterocycles. The first-order valence-corrected chi connectivity index (χ1v) is 24.3. The van der Waals surface area contributed by atoms with Gasteiger partial charge in [-0.2, -0.15) is 0 Å². The van der Waals surface area contributed by atoms with Gasteiger partial charge in [0.1, 0.15) is 0 Å². The standard InChI is InChI=1S/C62H38N4S2/c1-3-18-39(19-4-1)41-22-15-25-44(36-41)55-59-57(51-32-11-13-34-53(51)67-59)65-61(63-55)46-27-17-24-43(38-46)47-28-7-8-29-48(47)49-30-9-10-31-50(49)62-64-56(60-58(66-62)52-33-12-14-35-54(52)68-60)45-26-16-23-42(37-45)40-20-5-2-6-21-40/h1-38H. The molecule has 6 heteroatoms. The van der Waals surface area contributed by atoms with Crippen molar-refractivity contribution in [2.45, 2.75) is 0 Å². The molecule has 0 aliphatic rings. The van der Waals surface area contributed by atoms with Crippen LogP contribution in [0.3, 0.4) is 0 Å². The molecular weight excluding hydrogens is 865 g/mol. The van der Waals surface area contributed by atoms with Gasteiger partial charge < -0.3 is 0 Å². The molecule has 9 aromatic carbocycles. The van der Waals surface area contributed by atoms with E-state index in [9.17, 15) is 0 Å². The van der Waals surface area contributed by atoms with Crippen LogP contribution in [0, 0.1) is 0 Å². The number of hydrogen-bond acceptors (Lipinski definition) is 6. The van der Waals surface area contributed by atoms with Gasteiger partial charge in [0.15, 0.2) is 11.6 Å². The molecule has 0 saturated carbocycles. The van der Waals surface area contributed by atoms with E-state index in [1.54, 1.807) is 22.7 Å². The Labute approximate surface area is 401 Å². The summed E-state index contributed by atoms with van der Waals surface area (Å²) in [7, 11) is 0. The first-order chi connectivity index (χ1) is 33.7. The smallest absolute Gasteiger partial charge is 0.161 e. The van der Waals surface area contributed by atoms with Crippen LogP contribution in [0.1, 0.15) is 0 Å². The maximum atomic E-state index is 5.50. The predicted molar refractivity (Wildman–Crippen MR) is 287 cm³/mol. The molecule has 13 rings (SSSR count). The van der Waals surface area contributed by atoms with Gasteiger partial charge in [-0.1, -0.05) is 200 Å². The Morgan fingerprint density at radius 1 is 0.250 bits per heavy atom. The molecule has 0 atom stereocenters. The van der Waals surface area contributed by atoms with Crippen molar-refractivity contribution in [3.63, 3.8) is 0 Å². The quantitative estimate of drug-likeness (QED) is 0.152. The molecule has 318 valence electrons. The molecule has 68 heavy (non-hydrogen) atoms. The van der Waals surface area contributed by atoms with Crippen LogP contribution in [0.15, 0.2) is 231 Å². The van der Waals surface area contributed by atoms with Crippen molar-refractivity contribution >= 4 is 63.3 Å². The van der Waals surface area contributed by atoms with E-state index in [0.717, 1.165) is 98.2 Å². The van der Waals surface area contributed by atoms with Crippen molar-refractivity contribution in [3.05, 3.63) is 231 Å². The average Bonchev–Trinajstić information content (AvgIpc) is 4.00. The fourth-order valence-electron chi connectivity index (χ4n) is 9.48. The van der Waals surface area contributed by atoms with Crippen LogP contribution in [0.5, 0.6) is 0 Å². The van der Waals surface area contributed by atoms with Crippen molar-refractivity contribution in [2.75, 3.05) is 0 Å². The zero-order valence-corrected chi connectivity index (χ0v) is 38.2. The molecule has 0 fully saturated rings. The first kappa shape index (κ1) is 39.9. The summed E-state index contributed by atoms with van der Waals surface area (Å²) in [5.41, 5.74) is 16.8. The molecular formula is C62H38N4S2. The van der Waals surface area contributed by atoms with E-state index in [2.05, 4.69) is 231 Å². The third kappa shape index (κ3) is 7.06. The topological polar surface area (TPSA) is 51.6 Å². The Balaban J connectivity index is 0.951. The van der Waals surface area contributed by atoms with Gasteiger partial charge in [-0.05, 0) is 74.8 Å². The summed E-state index contributed by atoms with van der Waals surface area (Å²) in [4.78, 5) is 21.7. The summed E-state index contributed by atoms with van der Waals surface area (Å²) in [6.07, 6.45) is 0. The number of fused-ring (bicyclic) bond motifs is 6. The Kier molecular flexibility index (Phi) is 9.85. The van der Waals surface area contributed by atoms with Crippen molar-refractivity contribution in [1.29, 1.82) is 0 Å². The summed E-state index contributed by atoms with van der Waals surface area (Å²) in [5, 5.41) is 2.27. The van der Waals surface area contributed by atoms with Gasteiger partial charge in [-0.25, -0.2) is 19.9 Å². The number of thiophene rings is 2. The minimum Gasteiger partial charge on any atom is -0.226 e. The van der Waals surface area contributed by atoms with Crippen molar-refractivity contribution < 1.29 is 0 Å². The molecule has 0 amide bonds. The van der Waals surface area contributed by atoms with Crippen molar-refractivity contribution in [1.82, 2.24) is 19.9 Å². The van der Waals surface area contributed by atoms with Gasteiger partial charge in [-0.15, -0.1) is 22.7 Å². The highest BCUT2D eigenvalue weighted by atomic mass is 32.1. The van der Waals surface area contributed by atoms with Crippen LogP contribution in [0.25, 0.3) is 130 Å². The molecule has 13 aromatic rings. The Bertz CT molecular complexity index is 4040. The highest BCUT2D eigenvalue weighted by Crippen LogP contribution is 2.44. The monoisotopic (exact) mass is 902 g/mol. The van der Waals surface area contributed by atoms with Crippen LogP contribution in [0.4, 0.5) is 0 Å². The molecule has 0 unspecified atom stereocenters. The zero-order valence-electron chi connectivity index (χ0n) is 36.5. The minimum absolute atomic E-state index is 0.689. The van der Waals surface area contributed by atoms with Gasteiger partial charge >= 0.3 is 0 Å². The van der Waals surface area contributed by atoms with E-state index < -0.39 is 0 Å². The SMILES string of the molecule is c1ccc(-c2cccc(-c3nc(-c4cccc(-c5ccccc5-c5ccccc5-c5nc(-c6cccc(-c7ccccc7)c6)c6sc7ccccc7c6n5)c4)nc4c3sc3ccccc34)c2)cc1. The van der Waals surface area contributed by atoms with E-state index >= 15 is 0 Å². The largest absolute Gasteiger partial charge is 0.226 e. The number of hydrogen-bond donors (Lipinski definition) is 0. The van der Waals surface area contributed by atoms with E-state index in [0.29, 0.717) is 11.6 Å². The van der Waals surface area contributed by atoms with E-state index in [1.165, 1.54) is 20.5 Å². The van der Waals surface area contributed by atoms with Crippen LogP contribution in [-0.2, 0) is 0 Å². The molecule has 0 saturated heterocycles. The molecule has 0 radical (unpaired) electrons. The summed E-state index contributed by atoms with van der Waals surface area (Å²) in [5.74, 6) is 1.38. The fraction of sp³-hybridized carbons (Fsp3) is 0. The highest BCUT2D eigenvalue weighted by Gasteiger charge is 2.22. The summed E-state index contributed by atoms with van der Waals surface area (Å²) >= 11 is 3.51. The Morgan fingerprint density at radius 3 is 1.21 bits per heavy atom.